The minimum atomic E-state index is -4.62. The molecule has 1 N–H and O–H groups in total. The maximum absolute atomic E-state index is 13.5. The lowest BCUT2D eigenvalue weighted by atomic mass is 10.2. The predicted molar refractivity (Wildman–Crippen MR) is 112 cm³/mol. The van der Waals surface area contributed by atoms with E-state index in [9.17, 15) is 18.0 Å². The van der Waals surface area contributed by atoms with Gasteiger partial charge in [-0.1, -0.05) is 25.1 Å². The fourth-order valence-corrected chi connectivity index (χ4v) is 4.33. The first kappa shape index (κ1) is 21.1. The summed E-state index contributed by atoms with van der Waals surface area (Å²) in [5.41, 5.74) is 0.525. The molecule has 0 saturated heterocycles. The summed E-state index contributed by atoms with van der Waals surface area (Å²) < 4.78 is 43.7. The van der Waals surface area contributed by atoms with Crippen molar-refractivity contribution in [3.05, 3.63) is 64.9 Å². The quantitative estimate of drug-likeness (QED) is 0.467. The van der Waals surface area contributed by atoms with Crippen LogP contribution in [-0.4, -0.2) is 32.0 Å². The van der Waals surface area contributed by atoms with Crippen molar-refractivity contribution in [3.8, 4) is 5.69 Å². The largest absolute Gasteiger partial charge is 0.435 e. The van der Waals surface area contributed by atoms with Crippen LogP contribution in [0.15, 0.2) is 48.7 Å². The first-order valence-electron chi connectivity index (χ1n) is 9.66. The Kier molecular flexibility index (Phi) is 5.57. The summed E-state index contributed by atoms with van der Waals surface area (Å²) in [5.74, 6) is -0.305. The highest BCUT2D eigenvalue weighted by Gasteiger charge is 2.38. The zero-order valence-corrected chi connectivity index (χ0v) is 17.7. The van der Waals surface area contributed by atoms with E-state index in [-0.39, 0.29) is 21.0 Å². The van der Waals surface area contributed by atoms with Gasteiger partial charge in [0.2, 0.25) is 0 Å². The molecule has 6 nitrogen and oxygen atoms in total. The number of halogens is 3. The zero-order chi connectivity index (χ0) is 22.2. The van der Waals surface area contributed by atoms with E-state index in [0.29, 0.717) is 18.8 Å². The highest BCUT2D eigenvalue weighted by molar-refractivity contribution is 7.20. The number of nitrogens with zero attached hydrogens (tertiary/aromatic N) is 4. The Hall–Kier alpha value is -3.14. The van der Waals surface area contributed by atoms with Gasteiger partial charge in [0, 0.05) is 30.4 Å². The summed E-state index contributed by atoms with van der Waals surface area (Å²) in [5, 5.41) is 10.7. The van der Waals surface area contributed by atoms with Crippen LogP contribution in [0.1, 0.15) is 28.0 Å². The summed E-state index contributed by atoms with van der Waals surface area (Å²) in [4.78, 5) is 13.2. The van der Waals surface area contributed by atoms with Crippen LogP contribution in [0.3, 0.4) is 0 Å². The van der Waals surface area contributed by atoms with E-state index in [2.05, 4.69) is 15.5 Å². The predicted octanol–water partition coefficient (Wildman–Crippen LogP) is 4.68. The van der Waals surface area contributed by atoms with Crippen molar-refractivity contribution in [2.75, 3.05) is 6.54 Å². The monoisotopic (exact) mass is 447 g/mol. The van der Waals surface area contributed by atoms with Gasteiger partial charge >= 0.3 is 6.18 Å². The number of hydrogen-bond acceptors (Lipinski definition) is 4. The summed E-state index contributed by atoms with van der Waals surface area (Å²) in [6.07, 6.45) is -2.91. The van der Waals surface area contributed by atoms with Gasteiger partial charge in [-0.2, -0.15) is 23.4 Å². The number of hydrogen-bond donors (Lipinski definition) is 1. The van der Waals surface area contributed by atoms with E-state index in [1.54, 1.807) is 36.5 Å². The molecule has 0 fully saturated rings. The van der Waals surface area contributed by atoms with Crippen LogP contribution < -0.4 is 5.32 Å². The van der Waals surface area contributed by atoms with Crippen molar-refractivity contribution in [1.29, 1.82) is 0 Å². The van der Waals surface area contributed by atoms with E-state index in [1.165, 1.54) is 10.7 Å². The fraction of sp³-hybridized carbons (Fsp3) is 0.286. The first-order valence-corrected chi connectivity index (χ1v) is 10.5. The Labute approximate surface area is 180 Å². The second-order valence-corrected chi connectivity index (χ2v) is 8.42. The molecule has 0 aliphatic heterocycles. The Balaban J connectivity index is 1.57. The van der Waals surface area contributed by atoms with Gasteiger partial charge in [0.25, 0.3) is 5.91 Å². The topological polar surface area (TPSA) is 64.7 Å². The van der Waals surface area contributed by atoms with Gasteiger partial charge in [0.1, 0.15) is 4.83 Å². The number of aryl methyl sites for hydroxylation is 1. The number of para-hydroxylation sites is 1. The standard InChI is InChI=1S/C21H20F3N5OS/c1-13(12-28-14(2)8-9-26-28)11-25-19(30)17-10-16-18(21(22,23)24)27-29(20(16)31-17)15-6-4-3-5-7-15/h3-10,13H,11-12H2,1-2H3,(H,25,30)/t13-/m1/s1. The molecule has 4 rings (SSSR count). The van der Waals surface area contributed by atoms with Crippen molar-refractivity contribution >= 4 is 27.5 Å². The Morgan fingerprint density at radius 3 is 2.61 bits per heavy atom. The minimum absolute atomic E-state index is 0.0771. The van der Waals surface area contributed by atoms with E-state index >= 15 is 0 Å². The van der Waals surface area contributed by atoms with Gasteiger partial charge in [0.05, 0.1) is 10.6 Å². The van der Waals surface area contributed by atoms with Gasteiger partial charge in [-0.3, -0.25) is 9.48 Å². The van der Waals surface area contributed by atoms with Crippen molar-refractivity contribution in [2.45, 2.75) is 26.6 Å². The molecule has 10 heteroatoms. The number of aromatic nitrogens is 4. The normalized spacial score (nSPS) is 12.9. The maximum atomic E-state index is 13.5. The Morgan fingerprint density at radius 2 is 1.97 bits per heavy atom. The van der Waals surface area contributed by atoms with Gasteiger partial charge in [-0.25, -0.2) is 4.68 Å². The maximum Gasteiger partial charge on any atom is 0.435 e. The molecule has 3 aromatic heterocycles. The van der Waals surface area contributed by atoms with Crippen LogP contribution in [0.5, 0.6) is 0 Å². The molecule has 4 aromatic rings. The number of nitrogens with one attached hydrogen (secondary N) is 1. The molecule has 1 aromatic carbocycles. The zero-order valence-electron chi connectivity index (χ0n) is 16.8. The van der Waals surface area contributed by atoms with Crippen LogP contribution in [-0.2, 0) is 12.7 Å². The van der Waals surface area contributed by atoms with Crippen LogP contribution in [0, 0.1) is 12.8 Å². The van der Waals surface area contributed by atoms with Gasteiger partial charge in [-0.05, 0) is 37.1 Å². The van der Waals surface area contributed by atoms with Crippen LogP contribution in [0.25, 0.3) is 15.9 Å². The summed E-state index contributed by atoms with van der Waals surface area (Å²) >= 11 is 0.994. The SMILES string of the molecule is Cc1ccnn1C[C@H](C)CNC(=O)c1cc2c(C(F)(F)F)nn(-c3ccccc3)c2s1. The second-order valence-electron chi connectivity index (χ2n) is 7.39. The summed E-state index contributed by atoms with van der Waals surface area (Å²) in [7, 11) is 0. The first-order chi connectivity index (χ1) is 14.7. The average molecular weight is 447 g/mol. The molecule has 0 saturated carbocycles. The van der Waals surface area contributed by atoms with E-state index in [1.807, 2.05) is 24.6 Å². The van der Waals surface area contributed by atoms with Crippen molar-refractivity contribution in [1.82, 2.24) is 24.9 Å². The molecule has 31 heavy (non-hydrogen) atoms. The molecule has 1 atom stereocenters. The van der Waals surface area contributed by atoms with Crippen LogP contribution in [0.4, 0.5) is 13.2 Å². The van der Waals surface area contributed by atoms with Crippen molar-refractivity contribution in [2.24, 2.45) is 5.92 Å². The Morgan fingerprint density at radius 1 is 1.23 bits per heavy atom. The molecular weight excluding hydrogens is 427 g/mol. The molecule has 0 aliphatic rings. The third-order valence-corrected chi connectivity index (χ3v) is 5.99. The average Bonchev–Trinajstić information content (AvgIpc) is 3.41. The number of amides is 1. The van der Waals surface area contributed by atoms with E-state index < -0.39 is 17.8 Å². The lowest BCUT2D eigenvalue weighted by molar-refractivity contribution is -0.140. The molecule has 0 bridgehead atoms. The number of carbonyl (C=O) groups is 1. The van der Waals surface area contributed by atoms with E-state index in [4.69, 9.17) is 0 Å². The number of alkyl halides is 3. The lowest BCUT2D eigenvalue weighted by Crippen LogP contribution is -2.29. The Bertz CT molecular complexity index is 1210. The number of carbonyl (C=O) groups excluding carboxylic acids is 1. The van der Waals surface area contributed by atoms with Gasteiger partial charge in [-0.15, -0.1) is 11.3 Å². The number of fused-ring (bicyclic) bond motifs is 1. The van der Waals surface area contributed by atoms with E-state index in [0.717, 1.165) is 17.0 Å². The minimum Gasteiger partial charge on any atom is -0.351 e. The molecule has 0 spiro atoms. The molecule has 0 radical (unpaired) electrons. The van der Waals surface area contributed by atoms with Crippen LogP contribution >= 0.6 is 11.3 Å². The summed E-state index contributed by atoms with van der Waals surface area (Å²) in [6, 6.07) is 11.7. The fourth-order valence-electron chi connectivity index (χ4n) is 3.28. The smallest absolute Gasteiger partial charge is 0.351 e. The third kappa shape index (κ3) is 4.34. The molecular formula is C21H20F3N5OS. The highest BCUT2D eigenvalue weighted by Crippen LogP contribution is 2.38. The second kappa shape index (κ2) is 8.18. The molecule has 162 valence electrons. The molecule has 0 aliphatic carbocycles. The summed E-state index contributed by atoms with van der Waals surface area (Å²) in [6.45, 7) is 4.93. The highest BCUT2D eigenvalue weighted by atomic mass is 32.1. The number of thiophene rings is 1. The van der Waals surface area contributed by atoms with Crippen LogP contribution in [0.2, 0.25) is 0 Å². The third-order valence-electron chi connectivity index (χ3n) is 4.88. The lowest BCUT2D eigenvalue weighted by Gasteiger charge is -2.13. The van der Waals surface area contributed by atoms with Crippen molar-refractivity contribution < 1.29 is 18.0 Å². The van der Waals surface area contributed by atoms with Gasteiger partial charge in [0.15, 0.2) is 5.69 Å². The molecule has 0 unspecified atom stereocenters. The van der Waals surface area contributed by atoms with Gasteiger partial charge < -0.3 is 5.32 Å². The van der Waals surface area contributed by atoms with Crippen molar-refractivity contribution in [3.63, 3.8) is 0 Å². The molecule has 3 heterocycles. The molecule has 1 amide bonds. The number of benzene rings is 1. The number of rotatable bonds is 6.